The number of nitrogens with zero attached hydrogens (tertiary/aromatic N) is 1. The molecule has 40 heavy (non-hydrogen) atoms. The minimum Gasteiger partial charge on any atom is -0.490 e. The van der Waals surface area contributed by atoms with Gasteiger partial charge in [0.15, 0.2) is 0 Å². The first kappa shape index (κ1) is 30.7. The van der Waals surface area contributed by atoms with Gasteiger partial charge in [0.05, 0.1) is 50.9 Å². The van der Waals surface area contributed by atoms with Crippen LogP contribution in [0.2, 0.25) is 0 Å². The van der Waals surface area contributed by atoms with Gasteiger partial charge >= 0.3 is 0 Å². The summed E-state index contributed by atoms with van der Waals surface area (Å²) in [5.74, 6) is 0.920. The summed E-state index contributed by atoms with van der Waals surface area (Å²) in [4.78, 5) is 2.37. The zero-order chi connectivity index (χ0) is 28.2. The highest BCUT2D eigenvalue weighted by atomic mass is 16.5. The first-order chi connectivity index (χ1) is 19.6. The Morgan fingerprint density at radius 3 is 2.50 bits per heavy atom. The van der Waals surface area contributed by atoms with Crippen molar-refractivity contribution in [1.82, 2.24) is 5.32 Å². The van der Waals surface area contributed by atoms with Gasteiger partial charge in [-0.2, -0.15) is 0 Å². The van der Waals surface area contributed by atoms with Crippen molar-refractivity contribution in [3.8, 4) is 5.75 Å². The number of piperidine rings is 1. The molecule has 0 saturated carbocycles. The molecule has 4 rings (SSSR count). The minimum atomic E-state index is -0.676. The molecule has 0 unspecified atom stereocenters. The third-order valence-electron chi connectivity index (χ3n) is 7.41. The van der Waals surface area contributed by atoms with Crippen LogP contribution in [0.1, 0.15) is 36.0 Å². The summed E-state index contributed by atoms with van der Waals surface area (Å²) in [7, 11) is 3.32. The highest BCUT2D eigenvalue weighted by Crippen LogP contribution is 2.34. The van der Waals surface area contributed by atoms with Crippen LogP contribution >= 0.6 is 0 Å². The van der Waals surface area contributed by atoms with Crippen LogP contribution in [0.5, 0.6) is 5.75 Å². The van der Waals surface area contributed by atoms with Gasteiger partial charge in [-0.15, -0.1) is 0 Å². The van der Waals surface area contributed by atoms with E-state index in [1.165, 1.54) is 0 Å². The third-order valence-corrected chi connectivity index (χ3v) is 7.41. The highest BCUT2D eigenvalue weighted by molar-refractivity contribution is 5.61. The summed E-state index contributed by atoms with van der Waals surface area (Å²) in [6.07, 6.45) is 0.0260. The molecular weight excluding hydrogens is 512 g/mol. The fourth-order valence-corrected chi connectivity index (χ4v) is 5.39. The van der Waals surface area contributed by atoms with Gasteiger partial charge in [-0.1, -0.05) is 30.3 Å². The van der Waals surface area contributed by atoms with Crippen molar-refractivity contribution in [1.29, 1.82) is 0 Å². The summed E-state index contributed by atoms with van der Waals surface area (Å²) in [5.41, 5.74) is 4.50. The van der Waals surface area contributed by atoms with Crippen LogP contribution in [-0.4, -0.2) is 96.9 Å². The zero-order valence-corrected chi connectivity index (χ0v) is 24.2. The SMILES string of the molecule is CCOCc1ccc([C@@H]2[C@@H](OCc3ccc4c(c3)N(CCCOC)CCO4)CNC[C@H]2OC[C@H](O)COC)cc1. The number of anilines is 1. The number of nitrogens with one attached hydrogen (secondary N) is 1. The Morgan fingerprint density at radius 1 is 0.975 bits per heavy atom. The van der Waals surface area contributed by atoms with Crippen molar-refractivity contribution in [3.63, 3.8) is 0 Å². The van der Waals surface area contributed by atoms with Crippen molar-refractivity contribution in [2.45, 2.75) is 50.8 Å². The second-order valence-electron chi connectivity index (χ2n) is 10.4. The molecule has 1 saturated heterocycles. The average Bonchev–Trinajstić information content (AvgIpc) is 2.98. The molecule has 2 N–H and O–H groups in total. The van der Waals surface area contributed by atoms with E-state index in [2.05, 4.69) is 46.6 Å². The van der Waals surface area contributed by atoms with E-state index >= 15 is 0 Å². The van der Waals surface area contributed by atoms with Crippen LogP contribution in [0.3, 0.4) is 0 Å². The maximum absolute atomic E-state index is 10.2. The maximum Gasteiger partial charge on any atom is 0.142 e. The molecule has 0 aromatic heterocycles. The number of ether oxygens (including phenoxy) is 6. The largest absolute Gasteiger partial charge is 0.490 e. The Hall–Kier alpha value is -2.24. The second kappa shape index (κ2) is 16.3. The summed E-state index contributed by atoms with van der Waals surface area (Å²) >= 11 is 0. The van der Waals surface area contributed by atoms with E-state index in [0.29, 0.717) is 39.5 Å². The topological polar surface area (TPSA) is 90.9 Å². The highest BCUT2D eigenvalue weighted by Gasteiger charge is 2.36. The predicted molar refractivity (Wildman–Crippen MR) is 154 cm³/mol. The molecule has 0 aliphatic carbocycles. The van der Waals surface area contributed by atoms with E-state index in [-0.39, 0.29) is 31.3 Å². The van der Waals surface area contributed by atoms with Gasteiger partial charge in [0.1, 0.15) is 18.5 Å². The maximum atomic E-state index is 10.2. The number of benzene rings is 2. The minimum absolute atomic E-state index is 0.00337. The number of hydrogen-bond donors (Lipinski definition) is 2. The molecule has 2 aliphatic rings. The predicted octanol–water partition coefficient (Wildman–Crippen LogP) is 3.12. The second-order valence-corrected chi connectivity index (χ2v) is 10.4. The van der Waals surface area contributed by atoms with Crippen molar-refractivity contribution < 1.29 is 33.5 Å². The van der Waals surface area contributed by atoms with E-state index in [9.17, 15) is 5.11 Å². The monoisotopic (exact) mass is 558 g/mol. The summed E-state index contributed by atoms with van der Waals surface area (Å²) in [5, 5.41) is 13.7. The first-order valence-electron chi connectivity index (χ1n) is 14.4. The van der Waals surface area contributed by atoms with Crippen molar-refractivity contribution in [3.05, 3.63) is 59.2 Å². The van der Waals surface area contributed by atoms with Crippen LogP contribution in [0.25, 0.3) is 0 Å². The fourth-order valence-electron chi connectivity index (χ4n) is 5.39. The molecule has 9 heteroatoms. The molecule has 1 fully saturated rings. The van der Waals surface area contributed by atoms with E-state index < -0.39 is 6.10 Å². The first-order valence-corrected chi connectivity index (χ1v) is 14.4. The van der Waals surface area contributed by atoms with Crippen LogP contribution in [0, 0.1) is 0 Å². The fraction of sp³-hybridized carbons (Fsp3) is 0.613. The smallest absolute Gasteiger partial charge is 0.142 e. The number of methoxy groups -OCH3 is 2. The van der Waals surface area contributed by atoms with Gasteiger partial charge in [-0.25, -0.2) is 0 Å². The van der Waals surface area contributed by atoms with E-state index in [1.807, 2.05) is 13.0 Å². The molecule has 0 spiro atoms. The molecule has 222 valence electrons. The lowest BCUT2D eigenvalue weighted by Gasteiger charge is -2.39. The number of aliphatic hydroxyl groups is 1. The van der Waals surface area contributed by atoms with Gasteiger partial charge in [-0.05, 0) is 42.2 Å². The zero-order valence-electron chi connectivity index (χ0n) is 24.2. The Balaban J connectivity index is 1.48. The molecule has 2 heterocycles. The lowest BCUT2D eigenvalue weighted by Crippen LogP contribution is -2.51. The number of aliphatic hydroxyl groups excluding tert-OH is 1. The van der Waals surface area contributed by atoms with E-state index in [0.717, 1.165) is 54.2 Å². The molecule has 9 nitrogen and oxygen atoms in total. The van der Waals surface area contributed by atoms with Crippen molar-refractivity contribution in [2.24, 2.45) is 0 Å². The van der Waals surface area contributed by atoms with Crippen LogP contribution in [-0.2, 0) is 36.9 Å². The Morgan fingerprint density at radius 2 is 1.75 bits per heavy atom. The summed E-state index contributed by atoms with van der Waals surface area (Å²) in [6, 6.07) is 14.8. The van der Waals surface area contributed by atoms with E-state index in [4.69, 9.17) is 28.4 Å². The number of hydrogen-bond acceptors (Lipinski definition) is 9. The molecule has 0 amide bonds. The molecular formula is C31H46N2O7. The molecule has 2 aliphatic heterocycles. The quantitative estimate of drug-likeness (QED) is 0.302. The lowest BCUT2D eigenvalue weighted by molar-refractivity contribution is -0.0856. The van der Waals surface area contributed by atoms with Crippen LogP contribution < -0.4 is 15.0 Å². The number of fused-ring (bicyclic) bond motifs is 1. The summed E-state index contributed by atoms with van der Waals surface area (Å²) in [6.45, 7) is 8.81. The molecule has 0 radical (unpaired) electrons. The molecule has 2 aromatic rings. The standard InChI is InChI=1S/C31H46N2O7/c1-4-37-19-23-6-9-25(10-7-23)31-29(17-32-18-30(31)40-22-26(34)21-36-3)39-20-24-8-11-28-27(16-24)33(13-15-38-28)12-5-14-35-2/h6-11,16,26,29-32,34H,4-5,12-15,17-22H2,1-3H3/t26-,29+,30-,31-/m1/s1. The third kappa shape index (κ3) is 8.63. The van der Waals surface area contributed by atoms with Crippen molar-refractivity contribution >= 4 is 5.69 Å². The lowest BCUT2D eigenvalue weighted by atomic mass is 9.85. The Bertz CT molecular complexity index is 1010. The Kier molecular flexibility index (Phi) is 12.5. The number of rotatable bonds is 16. The van der Waals surface area contributed by atoms with E-state index in [1.54, 1.807) is 14.2 Å². The molecule has 2 aromatic carbocycles. The van der Waals surface area contributed by atoms with Crippen LogP contribution in [0.15, 0.2) is 42.5 Å². The molecule has 0 bridgehead atoms. The normalized spacial score (nSPS) is 21.6. The Labute approximate surface area is 238 Å². The average molecular weight is 559 g/mol. The van der Waals surface area contributed by atoms with Gasteiger partial charge in [-0.3, -0.25) is 0 Å². The van der Waals surface area contributed by atoms with Gasteiger partial charge in [0, 0.05) is 53.0 Å². The van der Waals surface area contributed by atoms with Gasteiger partial charge in [0.25, 0.3) is 0 Å². The van der Waals surface area contributed by atoms with Crippen LogP contribution in [0.4, 0.5) is 5.69 Å². The summed E-state index contributed by atoms with van der Waals surface area (Å²) < 4.78 is 34.7. The van der Waals surface area contributed by atoms with Gasteiger partial charge < -0.3 is 43.7 Å². The van der Waals surface area contributed by atoms with Gasteiger partial charge in [0.2, 0.25) is 0 Å². The van der Waals surface area contributed by atoms with Crippen molar-refractivity contribution in [2.75, 3.05) is 78.3 Å². The molecule has 4 atom stereocenters.